The van der Waals surface area contributed by atoms with Crippen molar-refractivity contribution in [3.63, 3.8) is 0 Å². The van der Waals surface area contributed by atoms with Crippen LogP contribution >= 0.6 is 0 Å². The molecule has 1 heterocycles. The van der Waals surface area contributed by atoms with Crippen LogP contribution in [0.25, 0.3) is 0 Å². The third-order valence-corrected chi connectivity index (χ3v) is 1.87. The quantitative estimate of drug-likeness (QED) is 0.681. The van der Waals surface area contributed by atoms with Gasteiger partial charge in [0.1, 0.15) is 0 Å². The number of H-pyrrole nitrogens is 1. The number of aryl methyl sites for hydroxylation is 2. The Morgan fingerprint density at radius 2 is 2.18 bits per heavy atom. The van der Waals surface area contributed by atoms with Crippen LogP contribution in [-0.4, -0.2) is 21.9 Å². The molecule has 0 saturated carbocycles. The molecule has 0 amide bonds. The maximum Gasteiger partial charge on any atom is 0.0625 e. The molecule has 0 aromatic carbocycles. The third kappa shape index (κ3) is 1.80. The Bertz CT molecular complexity index is 210. The third-order valence-electron chi connectivity index (χ3n) is 1.87. The fourth-order valence-electron chi connectivity index (χ4n) is 1.20. The zero-order chi connectivity index (χ0) is 8.27. The van der Waals surface area contributed by atoms with Gasteiger partial charge < -0.3 is 5.11 Å². The first kappa shape index (κ1) is 8.27. The van der Waals surface area contributed by atoms with Gasteiger partial charge in [0.25, 0.3) is 0 Å². The van der Waals surface area contributed by atoms with Gasteiger partial charge in [-0.15, -0.1) is 0 Å². The van der Waals surface area contributed by atoms with Crippen molar-refractivity contribution >= 4 is 0 Å². The summed E-state index contributed by atoms with van der Waals surface area (Å²) in [6, 6.07) is 0. The number of aliphatic hydroxyl groups excluding tert-OH is 1. The van der Waals surface area contributed by atoms with E-state index in [1.807, 2.05) is 13.8 Å². The Labute approximate surface area is 66.4 Å². The van der Waals surface area contributed by atoms with Gasteiger partial charge in [-0.2, -0.15) is 5.10 Å². The molecule has 0 aliphatic carbocycles. The molecule has 1 rings (SSSR count). The molecule has 3 heteroatoms. The van der Waals surface area contributed by atoms with Crippen molar-refractivity contribution in [2.24, 2.45) is 0 Å². The fourth-order valence-corrected chi connectivity index (χ4v) is 1.20. The summed E-state index contributed by atoms with van der Waals surface area (Å²) >= 11 is 0. The highest BCUT2D eigenvalue weighted by Gasteiger charge is 2.04. The predicted molar refractivity (Wildman–Crippen MR) is 43.5 cm³/mol. The van der Waals surface area contributed by atoms with E-state index in [2.05, 4.69) is 10.2 Å². The van der Waals surface area contributed by atoms with E-state index in [9.17, 15) is 0 Å². The average Bonchev–Trinajstić information content (AvgIpc) is 2.29. The molecule has 0 bridgehead atoms. The van der Waals surface area contributed by atoms with Gasteiger partial charge in [-0.3, -0.25) is 5.10 Å². The summed E-state index contributed by atoms with van der Waals surface area (Å²) in [6.45, 7) is 4.24. The van der Waals surface area contributed by atoms with Crippen molar-refractivity contribution in [3.05, 3.63) is 17.0 Å². The molecule has 0 unspecified atom stereocenters. The molecule has 0 atom stereocenters. The van der Waals surface area contributed by atoms with Crippen LogP contribution in [0.15, 0.2) is 0 Å². The molecule has 0 spiro atoms. The summed E-state index contributed by atoms with van der Waals surface area (Å²) < 4.78 is 0. The highest BCUT2D eigenvalue weighted by molar-refractivity contribution is 5.22. The van der Waals surface area contributed by atoms with Gasteiger partial charge in [0, 0.05) is 12.3 Å². The lowest BCUT2D eigenvalue weighted by atomic mass is 10.1. The molecule has 0 aliphatic rings. The van der Waals surface area contributed by atoms with Crippen molar-refractivity contribution in [1.82, 2.24) is 10.2 Å². The maximum absolute atomic E-state index is 8.62. The Hall–Kier alpha value is -0.830. The minimum Gasteiger partial charge on any atom is -0.396 e. The number of hydrogen-bond donors (Lipinski definition) is 2. The largest absolute Gasteiger partial charge is 0.396 e. The summed E-state index contributed by atoms with van der Waals surface area (Å²) in [6.07, 6.45) is 1.74. The molecular formula is C8H14N2O. The number of nitrogens with zero attached hydrogens (tertiary/aromatic N) is 1. The first-order valence-electron chi connectivity index (χ1n) is 3.87. The minimum absolute atomic E-state index is 0.254. The van der Waals surface area contributed by atoms with Gasteiger partial charge in [0.05, 0.1) is 5.69 Å². The van der Waals surface area contributed by atoms with E-state index < -0.39 is 0 Å². The standard InChI is InChI=1S/C8H14N2O/c1-6-8(4-3-5-11)7(2)10-9-6/h11H,3-5H2,1-2H3,(H,9,10). The second kappa shape index (κ2) is 3.53. The minimum atomic E-state index is 0.254. The van der Waals surface area contributed by atoms with Crippen molar-refractivity contribution in [1.29, 1.82) is 0 Å². The molecule has 62 valence electrons. The molecule has 2 N–H and O–H groups in total. The Morgan fingerprint density at radius 3 is 2.64 bits per heavy atom. The van der Waals surface area contributed by atoms with Crippen LogP contribution in [0.3, 0.4) is 0 Å². The van der Waals surface area contributed by atoms with Crippen LogP contribution in [0.4, 0.5) is 0 Å². The van der Waals surface area contributed by atoms with Gasteiger partial charge in [-0.25, -0.2) is 0 Å². The van der Waals surface area contributed by atoms with E-state index in [-0.39, 0.29) is 6.61 Å². The summed E-state index contributed by atoms with van der Waals surface area (Å²) in [5.41, 5.74) is 3.42. The molecular weight excluding hydrogens is 140 g/mol. The topological polar surface area (TPSA) is 48.9 Å². The first-order valence-corrected chi connectivity index (χ1v) is 3.87. The molecule has 11 heavy (non-hydrogen) atoms. The number of aromatic amines is 1. The summed E-state index contributed by atoms with van der Waals surface area (Å²) in [5.74, 6) is 0. The highest BCUT2D eigenvalue weighted by Crippen LogP contribution is 2.10. The lowest BCUT2D eigenvalue weighted by molar-refractivity contribution is 0.288. The zero-order valence-electron chi connectivity index (χ0n) is 7.02. The number of nitrogens with one attached hydrogen (secondary N) is 1. The van der Waals surface area contributed by atoms with Crippen molar-refractivity contribution < 1.29 is 5.11 Å². The smallest absolute Gasteiger partial charge is 0.0625 e. The van der Waals surface area contributed by atoms with Gasteiger partial charge >= 0.3 is 0 Å². The average molecular weight is 154 g/mol. The van der Waals surface area contributed by atoms with Gasteiger partial charge in [-0.1, -0.05) is 0 Å². The van der Waals surface area contributed by atoms with Crippen LogP contribution in [0.5, 0.6) is 0 Å². The predicted octanol–water partition coefficient (Wildman–Crippen LogP) is 0.951. The molecule has 0 fully saturated rings. The van der Waals surface area contributed by atoms with E-state index in [1.165, 1.54) is 5.56 Å². The summed E-state index contributed by atoms with van der Waals surface area (Å²) in [5, 5.41) is 15.6. The van der Waals surface area contributed by atoms with E-state index in [4.69, 9.17) is 5.11 Å². The molecule has 1 aromatic rings. The molecule has 0 aliphatic heterocycles. The van der Waals surface area contributed by atoms with Gasteiger partial charge in [0.2, 0.25) is 0 Å². The Balaban J connectivity index is 2.67. The normalized spacial score (nSPS) is 10.5. The van der Waals surface area contributed by atoms with Crippen LogP contribution in [0, 0.1) is 13.8 Å². The van der Waals surface area contributed by atoms with E-state index in [1.54, 1.807) is 0 Å². The van der Waals surface area contributed by atoms with Gasteiger partial charge in [-0.05, 0) is 32.3 Å². The van der Waals surface area contributed by atoms with Crippen LogP contribution in [0.1, 0.15) is 23.4 Å². The molecule has 0 saturated heterocycles. The van der Waals surface area contributed by atoms with Crippen LogP contribution < -0.4 is 0 Å². The zero-order valence-corrected chi connectivity index (χ0v) is 7.02. The highest BCUT2D eigenvalue weighted by atomic mass is 16.2. The monoisotopic (exact) mass is 154 g/mol. The first-order chi connectivity index (χ1) is 5.25. The molecule has 3 nitrogen and oxygen atoms in total. The van der Waals surface area contributed by atoms with Crippen molar-refractivity contribution in [2.75, 3.05) is 6.61 Å². The Kier molecular flexibility index (Phi) is 2.65. The van der Waals surface area contributed by atoms with E-state index >= 15 is 0 Å². The maximum atomic E-state index is 8.62. The second-order valence-electron chi connectivity index (χ2n) is 2.74. The number of hydrogen-bond acceptors (Lipinski definition) is 2. The summed E-state index contributed by atoms with van der Waals surface area (Å²) in [4.78, 5) is 0. The fraction of sp³-hybridized carbons (Fsp3) is 0.625. The summed E-state index contributed by atoms with van der Waals surface area (Å²) in [7, 11) is 0. The van der Waals surface area contributed by atoms with Gasteiger partial charge in [0.15, 0.2) is 0 Å². The van der Waals surface area contributed by atoms with E-state index in [0.717, 1.165) is 24.2 Å². The van der Waals surface area contributed by atoms with Crippen molar-refractivity contribution in [3.8, 4) is 0 Å². The number of rotatable bonds is 3. The number of aromatic nitrogens is 2. The lowest BCUT2D eigenvalue weighted by Crippen LogP contribution is -1.91. The SMILES string of the molecule is Cc1n[nH]c(C)c1CCCO. The van der Waals surface area contributed by atoms with Crippen LogP contribution in [0.2, 0.25) is 0 Å². The second-order valence-corrected chi connectivity index (χ2v) is 2.74. The number of aliphatic hydroxyl groups is 1. The lowest BCUT2D eigenvalue weighted by Gasteiger charge is -1.97. The molecule has 1 aromatic heterocycles. The van der Waals surface area contributed by atoms with Crippen molar-refractivity contribution in [2.45, 2.75) is 26.7 Å². The molecule has 0 radical (unpaired) electrons. The van der Waals surface area contributed by atoms with E-state index in [0.29, 0.717) is 0 Å². The Morgan fingerprint density at radius 1 is 1.45 bits per heavy atom. The van der Waals surface area contributed by atoms with Crippen LogP contribution in [-0.2, 0) is 6.42 Å².